The van der Waals surface area contributed by atoms with Gasteiger partial charge in [-0.3, -0.25) is 4.79 Å². The molecule has 2 aliphatic rings. The van der Waals surface area contributed by atoms with Gasteiger partial charge in [0.15, 0.2) is 5.78 Å². The minimum Gasteiger partial charge on any atom is -0.467 e. The van der Waals surface area contributed by atoms with Gasteiger partial charge in [-0.2, -0.15) is 0 Å². The molecule has 24 heavy (non-hydrogen) atoms. The van der Waals surface area contributed by atoms with Crippen LogP contribution in [0.4, 0.5) is 11.4 Å². The van der Waals surface area contributed by atoms with E-state index in [-0.39, 0.29) is 17.2 Å². The highest BCUT2D eigenvalue weighted by Gasteiger charge is 2.39. The second-order valence-corrected chi connectivity index (χ2v) is 7.68. The summed E-state index contributed by atoms with van der Waals surface area (Å²) in [6.45, 7) is 4.25. The van der Waals surface area contributed by atoms with E-state index in [9.17, 15) is 4.79 Å². The molecule has 4 nitrogen and oxygen atoms in total. The molecule has 2 heterocycles. The molecular formula is C19H19ClN2O2. The summed E-state index contributed by atoms with van der Waals surface area (Å²) in [5, 5.41) is 7.55. The molecule has 1 atom stereocenters. The van der Waals surface area contributed by atoms with Crippen LogP contribution in [0.1, 0.15) is 38.5 Å². The minimum absolute atomic E-state index is 0.0619. The number of rotatable bonds is 1. The van der Waals surface area contributed by atoms with Crippen LogP contribution in [0.5, 0.6) is 0 Å². The lowest BCUT2D eigenvalue weighted by molar-refractivity contribution is -0.118. The number of fused-ring (bicyclic) bond motifs is 1. The van der Waals surface area contributed by atoms with Gasteiger partial charge < -0.3 is 15.1 Å². The van der Waals surface area contributed by atoms with Crippen LogP contribution in [0.3, 0.4) is 0 Å². The Balaban J connectivity index is 1.89. The highest BCUT2D eigenvalue weighted by atomic mass is 35.5. The second kappa shape index (κ2) is 5.42. The Morgan fingerprint density at radius 1 is 1.21 bits per heavy atom. The first-order valence-corrected chi connectivity index (χ1v) is 8.43. The van der Waals surface area contributed by atoms with Gasteiger partial charge in [0.25, 0.3) is 0 Å². The van der Waals surface area contributed by atoms with Crippen molar-refractivity contribution >= 4 is 28.8 Å². The third kappa shape index (κ3) is 2.61. The number of halogens is 1. The van der Waals surface area contributed by atoms with Crippen molar-refractivity contribution in [3.63, 3.8) is 0 Å². The molecule has 2 N–H and O–H groups in total. The predicted molar refractivity (Wildman–Crippen MR) is 95.2 cm³/mol. The van der Waals surface area contributed by atoms with Gasteiger partial charge in [0.05, 0.1) is 17.6 Å². The Morgan fingerprint density at radius 2 is 2.04 bits per heavy atom. The fourth-order valence-corrected chi connectivity index (χ4v) is 3.76. The number of carbonyl (C=O) groups excluding carboxylic acids is 1. The Morgan fingerprint density at radius 3 is 2.79 bits per heavy atom. The second-order valence-electron chi connectivity index (χ2n) is 7.24. The molecule has 0 amide bonds. The maximum Gasteiger partial charge on any atom is 0.163 e. The molecule has 4 rings (SSSR count). The molecule has 1 aromatic heterocycles. The van der Waals surface area contributed by atoms with E-state index in [0.717, 1.165) is 34.8 Å². The van der Waals surface area contributed by atoms with Crippen LogP contribution in [-0.4, -0.2) is 5.78 Å². The van der Waals surface area contributed by atoms with Crippen molar-refractivity contribution in [3.05, 3.63) is 58.6 Å². The zero-order valence-corrected chi connectivity index (χ0v) is 14.4. The van der Waals surface area contributed by atoms with E-state index in [2.05, 4.69) is 24.5 Å². The van der Waals surface area contributed by atoms with Gasteiger partial charge in [0.1, 0.15) is 11.8 Å². The maximum absolute atomic E-state index is 12.9. The third-order valence-corrected chi connectivity index (χ3v) is 4.84. The highest BCUT2D eigenvalue weighted by molar-refractivity contribution is 6.31. The summed E-state index contributed by atoms with van der Waals surface area (Å²) in [5.74, 6) is 0.881. The number of allylic oxidation sites excluding steroid dienone is 1. The Bertz CT molecular complexity index is 837. The monoisotopic (exact) mass is 342 g/mol. The van der Waals surface area contributed by atoms with Crippen LogP contribution in [-0.2, 0) is 4.79 Å². The normalized spacial score (nSPS) is 22.1. The van der Waals surface area contributed by atoms with Crippen molar-refractivity contribution in [2.24, 2.45) is 5.41 Å². The van der Waals surface area contributed by atoms with Crippen LogP contribution in [0, 0.1) is 5.41 Å². The van der Waals surface area contributed by atoms with Crippen molar-refractivity contribution in [2.75, 3.05) is 10.6 Å². The van der Waals surface area contributed by atoms with Crippen molar-refractivity contribution in [2.45, 2.75) is 32.7 Å². The first-order valence-electron chi connectivity index (χ1n) is 8.06. The van der Waals surface area contributed by atoms with E-state index in [4.69, 9.17) is 16.0 Å². The van der Waals surface area contributed by atoms with Gasteiger partial charge in [-0.15, -0.1) is 0 Å². The van der Waals surface area contributed by atoms with Crippen molar-refractivity contribution in [1.29, 1.82) is 0 Å². The van der Waals surface area contributed by atoms with E-state index >= 15 is 0 Å². The summed E-state index contributed by atoms with van der Waals surface area (Å²) in [4.78, 5) is 12.9. The zero-order valence-electron chi connectivity index (χ0n) is 13.7. The molecule has 0 unspecified atom stereocenters. The summed E-state index contributed by atoms with van der Waals surface area (Å²) in [6, 6.07) is 9.07. The molecule has 0 saturated carbocycles. The number of benzene rings is 1. The van der Waals surface area contributed by atoms with E-state index in [0.29, 0.717) is 11.4 Å². The molecule has 0 bridgehead atoms. The first-order chi connectivity index (χ1) is 11.4. The van der Waals surface area contributed by atoms with Gasteiger partial charge >= 0.3 is 0 Å². The van der Waals surface area contributed by atoms with Crippen LogP contribution in [0.15, 0.2) is 52.3 Å². The lowest BCUT2D eigenvalue weighted by Gasteiger charge is -2.33. The molecule has 2 aromatic rings. The van der Waals surface area contributed by atoms with Crippen LogP contribution in [0.2, 0.25) is 5.02 Å². The summed E-state index contributed by atoms with van der Waals surface area (Å²) in [6.07, 6.45) is 2.98. The summed E-state index contributed by atoms with van der Waals surface area (Å²) in [5.41, 5.74) is 3.45. The number of anilines is 2. The van der Waals surface area contributed by atoms with Gasteiger partial charge in [-0.05, 0) is 42.2 Å². The Labute approximate surface area is 145 Å². The minimum atomic E-state index is -0.314. The Hall–Kier alpha value is -2.20. The van der Waals surface area contributed by atoms with Crippen molar-refractivity contribution in [1.82, 2.24) is 0 Å². The van der Waals surface area contributed by atoms with E-state index in [1.54, 1.807) is 6.26 Å². The van der Waals surface area contributed by atoms with Gasteiger partial charge in [0.2, 0.25) is 0 Å². The lowest BCUT2D eigenvalue weighted by Crippen LogP contribution is -2.31. The Kier molecular flexibility index (Phi) is 3.46. The average Bonchev–Trinajstić information content (AvgIpc) is 2.96. The molecule has 0 saturated heterocycles. The topological polar surface area (TPSA) is 54.3 Å². The average molecular weight is 343 g/mol. The number of hydrogen-bond donors (Lipinski definition) is 2. The maximum atomic E-state index is 12.9. The zero-order chi connectivity index (χ0) is 16.9. The van der Waals surface area contributed by atoms with Crippen molar-refractivity contribution in [3.8, 4) is 0 Å². The van der Waals surface area contributed by atoms with Crippen LogP contribution in [0.25, 0.3) is 0 Å². The quantitative estimate of drug-likeness (QED) is 0.752. The molecule has 1 aromatic carbocycles. The molecule has 1 aliphatic heterocycles. The predicted octanol–water partition coefficient (Wildman–Crippen LogP) is 5.15. The van der Waals surface area contributed by atoms with E-state index < -0.39 is 0 Å². The van der Waals surface area contributed by atoms with Gasteiger partial charge in [-0.25, -0.2) is 0 Å². The number of hydrogen-bond acceptors (Lipinski definition) is 4. The van der Waals surface area contributed by atoms with Gasteiger partial charge in [-0.1, -0.05) is 25.4 Å². The number of Topliss-reactive ketones (excluding diaryl/α,β-unsaturated/α-hetero) is 1. The van der Waals surface area contributed by atoms with Crippen molar-refractivity contribution < 1.29 is 9.21 Å². The lowest BCUT2D eigenvalue weighted by atomic mass is 9.74. The van der Waals surface area contributed by atoms with E-state index in [1.807, 2.05) is 30.3 Å². The highest BCUT2D eigenvalue weighted by Crippen LogP contribution is 2.45. The fraction of sp³-hybridized carbons (Fsp3) is 0.316. The summed E-state index contributed by atoms with van der Waals surface area (Å²) < 4.78 is 5.61. The SMILES string of the molecule is CC1(C)CC(=O)C2=C(C1)Nc1ccc(Cl)cc1N[C@H]2c1ccco1. The number of carbonyl (C=O) groups is 1. The molecule has 0 fully saturated rings. The first kappa shape index (κ1) is 15.3. The van der Waals surface area contributed by atoms with E-state index in [1.165, 1.54) is 0 Å². The number of ketones is 1. The standard InChI is InChI=1S/C19H19ClN2O2/c1-19(2)9-14-17(15(23)10-19)18(16-4-3-7-24-16)22-13-8-11(20)5-6-12(13)21-14/h3-8,18,21-22H,9-10H2,1-2H3/t18-/m0/s1. The fourth-order valence-electron chi connectivity index (χ4n) is 3.59. The third-order valence-electron chi connectivity index (χ3n) is 4.60. The number of nitrogens with one attached hydrogen (secondary N) is 2. The summed E-state index contributed by atoms with van der Waals surface area (Å²) >= 11 is 6.16. The molecule has 1 aliphatic carbocycles. The summed E-state index contributed by atoms with van der Waals surface area (Å²) in [7, 11) is 0. The van der Waals surface area contributed by atoms with Crippen LogP contribution < -0.4 is 10.6 Å². The molecule has 0 spiro atoms. The molecule has 0 radical (unpaired) electrons. The molecular weight excluding hydrogens is 324 g/mol. The largest absolute Gasteiger partial charge is 0.467 e. The smallest absolute Gasteiger partial charge is 0.163 e. The number of furan rings is 1. The molecule has 5 heteroatoms. The van der Waals surface area contributed by atoms with Gasteiger partial charge in [0, 0.05) is 22.7 Å². The molecule has 124 valence electrons. The van der Waals surface area contributed by atoms with Crippen LogP contribution >= 0.6 is 11.6 Å².